The third-order valence-electron chi connectivity index (χ3n) is 3.07. The Bertz CT molecular complexity index is 152. The molecular formula is C11H24N2O. The van der Waals surface area contributed by atoms with Gasteiger partial charge in [-0.25, -0.2) is 0 Å². The molecule has 14 heavy (non-hydrogen) atoms. The minimum absolute atomic E-state index is 0.0848. The first-order chi connectivity index (χ1) is 6.79. The summed E-state index contributed by atoms with van der Waals surface area (Å²) >= 11 is 0. The SMILES string of the molecule is CCCN(CCNC)[C@H]1CCC[C@@H]1O. The van der Waals surface area contributed by atoms with E-state index in [0.717, 1.165) is 26.1 Å². The maximum atomic E-state index is 9.82. The summed E-state index contributed by atoms with van der Waals surface area (Å²) in [7, 11) is 1.98. The van der Waals surface area contributed by atoms with Crippen molar-refractivity contribution in [2.45, 2.75) is 44.8 Å². The van der Waals surface area contributed by atoms with Crippen molar-refractivity contribution in [3.05, 3.63) is 0 Å². The van der Waals surface area contributed by atoms with Crippen LogP contribution in [-0.4, -0.2) is 48.8 Å². The van der Waals surface area contributed by atoms with Crippen molar-refractivity contribution in [1.82, 2.24) is 10.2 Å². The van der Waals surface area contributed by atoms with Crippen LogP contribution in [0.5, 0.6) is 0 Å². The van der Waals surface area contributed by atoms with Gasteiger partial charge in [0, 0.05) is 19.1 Å². The molecule has 0 bridgehead atoms. The van der Waals surface area contributed by atoms with E-state index in [4.69, 9.17) is 0 Å². The molecule has 0 unspecified atom stereocenters. The van der Waals surface area contributed by atoms with E-state index in [2.05, 4.69) is 17.1 Å². The summed E-state index contributed by atoms with van der Waals surface area (Å²) in [6, 6.07) is 0.420. The Kier molecular flexibility index (Phi) is 5.45. The first-order valence-corrected chi connectivity index (χ1v) is 5.86. The minimum Gasteiger partial charge on any atom is -0.391 e. The molecule has 1 saturated carbocycles. The third kappa shape index (κ3) is 3.23. The number of aliphatic hydroxyl groups is 1. The van der Waals surface area contributed by atoms with Crippen molar-refractivity contribution in [3.63, 3.8) is 0 Å². The molecule has 0 spiro atoms. The maximum Gasteiger partial charge on any atom is 0.0695 e. The molecule has 1 rings (SSSR count). The van der Waals surface area contributed by atoms with Crippen LogP contribution in [0.2, 0.25) is 0 Å². The summed E-state index contributed by atoms with van der Waals surface area (Å²) in [5, 5.41) is 13.0. The second-order valence-electron chi connectivity index (χ2n) is 4.21. The van der Waals surface area contributed by atoms with E-state index in [1.165, 1.54) is 19.3 Å². The fourth-order valence-corrected chi connectivity index (χ4v) is 2.33. The molecule has 0 radical (unpaired) electrons. The largest absolute Gasteiger partial charge is 0.391 e. The van der Waals surface area contributed by atoms with Crippen LogP contribution in [0.15, 0.2) is 0 Å². The lowest BCUT2D eigenvalue weighted by Crippen LogP contribution is -2.43. The van der Waals surface area contributed by atoms with Crippen LogP contribution >= 0.6 is 0 Å². The standard InChI is InChI=1S/C11H24N2O/c1-3-8-13(9-7-12-2)10-5-4-6-11(10)14/h10-12,14H,3-9H2,1-2H3/t10-,11-/m0/s1. The number of nitrogens with zero attached hydrogens (tertiary/aromatic N) is 1. The van der Waals surface area contributed by atoms with Gasteiger partial charge in [-0.05, 0) is 39.3 Å². The van der Waals surface area contributed by atoms with Crippen LogP contribution in [0.25, 0.3) is 0 Å². The van der Waals surface area contributed by atoms with E-state index in [1.807, 2.05) is 7.05 Å². The first kappa shape index (κ1) is 12.0. The zero-order valence-electron chi connectivity index (χ0n) is 9.50. The minimum atomic E-state index is -0.0848. The highest BCUT2D eigenvalue weighted by Crippen LogP contribution is 2.23. The van der Waals surface area contributed by atoms with Gasteiger partial charge in [0.05, 0.1) is 6.10 Å². The van der Waals surface area contributed by atoms with Gasteiger partial charge < -0.3 is 10.4 Å². The Hall–Kier alpha value is -0.120. The summed E-state index contributed by atoms with van der Waals surface area (Å²) < 4.78 is 0. The van der Waals surface area contributed by atoms with Crippen LogP contribution in [0, 0.1) is 0 Å². The van der Waals surface area contributed by atoms with E-state index < -0.39 is 0 Å². The van der Waals surface area contributed by atoms with Crippen LogP contribution in [0.1, 0.15) is 32.6 Å². The number of rotatable bonds is 6. The van der Waals surface area contributed by atoms with Gasteiger partial charge in [0.1, 0.15) is 0 Å². The van der Waals surface area contributed by atoms with Gasteiger partial charge in [-0.2, -0.15) is 0 Å². The third-order valence-corrected chi connectivity index (χ3v) is 3.07. The lowest BCUT2D eigenvalue weighted by atomic mass is 10.1. The molecule has 0 aromatic heterocycles. The predicted octanol–water partition coefficient (Wildman–Crippen LogP) is 0.831. The number of nitrogens with one attached hydrogen (secondary N) is 1. The number of likely N-dealkylation sites (N-methyl/N-ethyl adjacent to an activating group) is 1. The van der Waals surface area contributed by atoms with Gasteiger partial charge in [0.15, 0.2) is 0 Å². The van der Waals surface area contributed by atoms with Crippen molar-refractivity contribution in [1.29, 1.82) is 0 Å². The summed E-state index contributed by atoms with van der Waals surface area (Å²) in [5.41, 5.74) is 0. The highest BCUT2D eigenvalue weighted by Gasteiger charge is 2.29. The Morgan fingerprint density at radius 3 is 2.64 bits per heavy atom. The molecular weight excluding hydrogens is 176 g/mol. The van der Waals surface area contributed by atoms with Crippen molar-refractivity contribution in [2.75, 3.05) is 26.7 Å². The van der Waals surface area contributed by atoms with Crippen molar-refractivity contribution in [2.24, 2.45) is 0 Å². The second kappa shape index (κ2) is 6.38. The summed E-state index contributed by atoms with van der Waals surface area (Å²) in [6.45, 7) is 5.40. The van der Waals surface area contributed by atoms with E-state index in [1.54, 1.807) is 0 Å². The maximum absolute atomic E-state index is 9.82. The summed E-state index contributed by atoms with van der Waals surface area (Å²) in [5.74, 6) is 0. The fraction of sp³-hybridized carbons (Fsp3) is 1.00. The van der Waals surface area contributed by atoms with Crippen molar-refractivity contribution >= 4 is 0 Å². The predicted molar refractivity (Wildman–Crippen MR) is 59.4 cm³/mol. The monoisotopic (exact) mass is 200 g/mol. The molecule has 0 aromatic rings. The molecule has 3 nitrogen and oxygen atoms in total. The number of hydrogen-bond acceptors (Lipinski definition) is 3. The van der Waals surface area contributed by atoms with Crippen LogP contribution in [0.4, 0.5) is 0 Å². The molecule has 1 fully saturated rings. The molecule has 0 aliphatic heterocycles. The Morgan fingerprint density at radius 2 is 2.14 bits per heavy atom. The molecule has 3 heteroatoms. The quantitative estimate of drug-likeness (QED) is 0.667. The van der Waals surface area contributed by atoms with Gasteiger partial charge in [0.25, 0.3) is 0 Å². The van der Waals surface area contributed by atoms with E-state index in [-0.39, 0.29) is 6.10 Å². The van der Waals surface area contributed by atoms with E-state index in [9.17, 15) is 5.11 Å². The smallest absolute Gasteiger partial charge is 0.0695 e. The Labute approximate surface area is 87.5 Å². The zero-order valence-corrected chi connectivity index (χ0v) is 9.50. The van der Waals surface area contributed by atoms with Crippen LogP contribution in [0.3, 0.4) is 0 Å². The topological polar surface area (TPSA) is 35.5 Å². The fourth-order valence-electron chi connectivity index (χ4n) is 2.33. The normalized spacial score (nSPS) is 27.4. The highest BCUT2D eigenvalue weighted by atomic mass is 16.3. The second-order valence-corrected chi connectivity index (χ2v) is 4.21. The zero-order chi connectivity index (χ0) is 10.4. The molecule has 2 N–H and O–H groups in total. The van der Waals surface area contributed by atoms with Crippen LogP contribution < -0.4 is 5.32 Å². The van der Waals surface area contributed by atoms with Crippen molar-refractivity contribution < 1.29 is 5.11 Å². The summed E-state index contributed by atoms with van der Waals surface area (Å²) in [6.07, 6.45) is 4.44. The van der Waals surface area contributed by atoms with Gasteiger partial charge in [-0.15, -0.1) is 0 Å². The van der Waals surface area contributed by atoms with E-state index >= 15 is 0 Å². The summed E-state index contributed by atoms with van der Waals surface area (Å²) in [4.78, 5) is 2.44. The van der Waals surface area contributed by atoms with Gasteiger partial charge in [-0.3, -0.25) is 4.90 Å². The van der Waals surface area contributed by atoms with Crippen molar-refractivity contribution in [3.8, 4) is 0 Å². The van der Waals surface area contributed by atoms with Crippen LogP contribution in [-0.2, 0) is 0 Å². The average molecular weight is 200 g/mol. The Balaban J connectivity index is 2.39. The molecule has 2 atom stereocenters. The number of aliphatic hydroxyl groups excluding tert-OH is 1. The van der Waals surface area contributed by atoms with Gasteiger partial charge in [0.2, 0.25) is 0 Å². The molecule has 0 heterocycles. The lowest BCUT2D eigenvalue weighted by Gasteiger charge is -2.30. The first-order valence-electron chi connectivity index (χ1n) is 5.86. The number of hydrogen-bond donors (Lipinski definition) is 2. The average Bonchev–Trinajstić information content (AvgIpc) is 2.59. The molecule has 0 saturated heterocycles. The molecule has 0 aromatic carbocycles. The van der Waals surface area contributed by atoms with Gasteiger partial charge >= 0.3 is 0 Å². The molecule has 1 aliphatic rings. The highest BCUT2D eigenvalue weighted by molar-refractivity contribution is 4.85. The molecule has 0 amide bonds. The molecule has 84 valence electrons. The lowest BCUT2D eigenvalue weighted by molar-refractivity contribution is 0.0713. The van der Waals surface area contributed by atoms with Gasteiger partial charge in [-0.1, -0.05) is 6.92 Å². The Morgan fingerprint density at radius 1 is 1.36 bits per heavy atom. The van der Waals surface area contributed by atoms with E-state index in [0.29, 0.717) is 6.04 Å². The molecule has 1 aliphatic carbocycles.